The number of carbonyl (C=O) groups is 1. The second-order valence-electron chi connectivity index (χ2n) is 7.98. The highest BCUT2D eigenvalue weighted by atomic mass is 35.5. The van der Waals surface area contributed by atoms with Gasteiger partial charge in [-0.2, -0.15) is 0 Å². The van der Waals surface area contributed by atoms with Crippen molar-refractivity contribution in [3.8, 4) is 17.0 Å². The molecule has 1 aliphatic rings. The fraction of sp³-hybridized carbons (Fsp3) is 0.208. The SMILES string of the molecule is Cc1ccc(C(=O)c2c(O)[nH]c3cc(Cl)c(-c4ccc(C5(CO)CC5)cc4)cc23)s1. The van der Waals surface area contributed by atoms with E-state index in [1.807, 2.05) is 43.3 Å². The highest BCUT2D eigenvalue weighted by Crippen LogP contribution is 2.48. The number of aromatic amines is 1. The first-order chi connectivity index (χ1) is 14.4. The molecule has 30 heavy (non-hydrogen) atoms. The summed E-state index contributed by atoms with van der Waals surface area (Å²) in [5, 5.41) is 21.3. The number of aliphatic hydroxyl groups is 1. The third-order valence-corrected chi connectivity index (χ3v) is 7.33. The van der Waals surface area contributed by atoms with Crippen LogP contribution in [0.25, 0.3) is 22.0 Å². The van der Waals surface area contributed by atoms with Gasteiger partial charge in [-0.1, -0.05) is 35.9 Å². The lowest BCUT2D eigenvalue weighted by Crippen LogP contribution is -2.11. The zero-order valence-corrected chi connectivity index (χ0v) is 17.9. The average molecular weight is 438 g/mol. The van der Waals surface area contributed by atoms with Crippen molar-refractivity contribution in [3.05, 3.63) is 74.4 Å². The summed E-state index contributed by atoms with van der Waals surface area (Å²) in [4.78, 5) is 17.6. The molecule has 0 atom stereocenters. The summed E-state index contributed by atoms with van der Waals surface area (Å²) in [5.74, 6) is -0.359. The van der Waals surface area contributed by atoms with Crippen molar-refractivity contribution in [2.75, 3.05) is 6.61 Å². The number of fused-ring (bicyclic) bond motifs is 1. The molecule has 6 heteroatoms. The topological polar surface area (TPSA) is 73.3 Å². The smallest absolute Gasteiger partial charge is 0.208 e. The minimum Gasteiger partial charge on any atom is -0.494 e. The Bertz CT molecular complexity index is 1280. The van der Waals surface area contributed by atoms with Crippen LogP contribution in [0, 0.1) is 6.92 Å². The fourth-order valence-electron chi connectivity index (χ4n) is 4.02. The third kappa shape index (κ3) is 3.05. The van der Waals surface area contributed by atoms with Crippen molar-refractivity contribution in [2.45, 2.75) is 25.2 Å². The highest BCUT2D eigenvalue weighted by Gasteiger charge is 2.43. The third-order valence-electron chi connectivity index (χ3n) is 6.02. The summed E-state index contributed by atoms with van der Waals surface area (Å²) < 4.78 is 0. The Morgan fingerprint density at radius 1 is 1.17 bits per heavy atom. The first-order valence-corrected chi connectivity index (χ1v) is 11.0. The van der Waals surface area contributed by atoms with E-state index in [1.54, 1.807) is 12.1 Å². The first-order valence-electron chi connectivity index (χ1n) is 9.79. The molecule has 3 N–H and O–H groups in total. The maximum atomic E-state index is 13.1. The summed E-state index contributed by atoms with van der Waals surface area (Å²) in [6.45, 7) is 2.11. The second-order valence-corrected chi connectivity index (χ2v) is 9.68. The fourth-order valence-corrected chi connectivity index (χ4v) is 5.11. The Kier molecular flexibility index (Phi) is 4.51. The molecule has 0 saturated heterocycles. The predicted octanol–water partition coefficient (Wildman–Crippen LogP) is 5.82. The highest BCUT2D eigenvalue weighted by molar-refractivity contribution is 7.14. The number of hydrogen-bond acceptors (Lipinski definition) is 4. The quantitative estimate of drug-likeness (QED) is 0.344. The molecule has 0 radical (unpaired) electrons. The largest absolute Gasteiger partial charge is 0.494 e. The van der Waals surface area contributed by atoms with Crippen molar-refractivity contribution in [1.82, 2.24) is 4.98 Å². The number of rotatable bonds is 5. The number of benzene rings is 2. The van der Waals surface area contributed by atoms with Gasteiger partial charge in [0.25, 0.3) is 0 Å². The molecule has 1 aliphatic carbocycles. The van der Waals surface area contributed by atoms with E-state index in [0.717, 1.165) is 34.4 Å². The number of aliphatic hydroxyl groups excluding tert-OH is 1. The molecule has 152 valence electrons. The summed E-state index contributed by atoms with van der Waals surface area (Å²) >= 11 is 7.95. The van der Waals surface area contributed by atoms with Crippen LogP contribution in [0.5, 0.6) is 5.88 Å². The van der Waals surface area contributed by atoms with Gasteiger partial charge in [0.2, 0.25) is 11.7 Å². The Morgan fingerprint density at radius 3 is 2.50 bits per heavy atom. The van der Waals surface area contributed by atoms with Crippen LogP contribution >= 0.6 is 22.9 Å². The number of carbonyl (C=O) groups excluding carboxylic acids is 1. The van der Waals surface area contributed by atoms with E-state index >= 15 is 0 Å². The predicted molar refractivity (Wildman–Crippen MR) is 121 cm³/mol. The van der Waals surface area contributed by atoms with E-state index in [-0.39, 0.29) is 29.2 Å². The van der Waals surface area contributed by atoms with Crippen LogP contribution in [-0.4, -0.2) is 27.6 Å². The zero-order chi connectivity index (χ0) is 21.0. The molecular formula is C24H20ClNO3S. The van der Waals surface area contributed by atoms with Gasteiger partial charge in [-0.3, -0.25) is 4.79 Å². The van der Waals surface area contributed by atoms with Crippen LogP contribution in [0.15, 0.2) is 48.5 Å². The molecule has 0 aliphatic heterocycles. The molecule has 0 spiro atoms. The Hall–Kier alpha value is -2.60. The summed E-state index contributed by atoms with van der Waals surface area (Å²) in [7, 11) is 0. The van der Waals surface area contributed by atoms with Crippen molar-refractivity contribution in [2.24, 2.45) is 0 Å². The van der Waals surface area contributed by atoms with Crippen molar-refractivity contribution >= 4 is 39.6 Å². The van der Waals surface area contributed by atoms with Gasteiger partial charge in [-0.25, -0.2) is 0 Å². The molecule has 2 aromatic carbocycles. The van der Waals surface area contributed by atoms with Crippen LogP contribution < -0.4 is 0 Å². The van der Waals surface area contributed by atoms with Crippen molar-refractivity contribution < 1.29 is 15.0 Å². The summed E-state index contributed by atoms with van der Waals surface area (Å²) in [6.07, 6.45) is 2.01. The van der Waals surface area contributed by atoms with Crippen LogP contribution in [0.2, 0.25) is 5.02 Å². The Balaban J connectivity index is 1.60. The van der Waals surface area contributed by atoms with Gasteiger partial charge < -0.3 is 15.2 Å². The van der Waals surface area contributed by atoms with Gasteiger partial charge in [0, 0.05) is 21.2 Å². The minimum atomic E-state index is -0.209. The molecule has 0 amide bonds. The molecule has 4 nitrogen and oxygen atoms in total. The van der Waals surface area contributed by atoms with Gasteiger partial charge in [-0.15, -0.1) is 11.3 Å². The summed E-state index contributed by atoms with van der Waals surface area (Å²) in [5.41, 5.74) is 3.64. The lowest BCUT2D eigenvalue weighted by atomic mass is 9.94. The van der Waals surface area contributed by atoms with E-state index in [0.29, 0.717) is 20.8 Å². The van der Waals surface area contributed by atoms with Crippen LogP contribution in [-0.2, 0) is 5.41 Å². The van der Waals surface area contributed by atoms with Gasteiger partial charge in [-0.05, 0) is 55.2 Å². The van der Waals surface area contributed by atoms with Crippen LogP contribution in [0.4, 0.5) is 0 Å². The Morgan fingerprint density at radius 2 is 1.90 bits per heavy atom. The van der Waals surface area contributed by atoms with E-state index in [9.17, 15) is 15.0 Å². The van der Waals surface area contributed by atoms with Gasteiger partial charge in [0.15, 0.2) is 0 Å². The van der Waals surface area contributed by atoms with Gasteiger partial charge in [0.1, 0.15) is 0 Å². The number of thiophene rings is 1. The number of aryl methyl sites for hydroxylation is 1. The average Bonchev–Trinajstić information content (AvgIpc) is 3.32. The molecule has 1 saturated carbocycles. The van der Waals surface area contributed by atoms with E-state index in [1.165, 1.54) is 11.3 Å². The molecule has 0 unspecified atom stereocenters. The Labute approximate surface area is 182 Å². The number of hydrogen-bond donors (Lipinski definition) is 3. The molecule has 2 aromatic heterocycles. The molecule has 5 rings (SSSR count). The zero-order valence-electron chi connectivity index (χ0n) is 16.3. The van der Waals surface area contributed by atoms with Crippen molar-refractivity contribution in [1.29, 1.82) is 0 Å². The maximum Gasteiger partial charge on any atom is 0.208 e. The van der Waals surface area contributed by atoms with Crippen molar-refractivity contribution in [3.63, 3.8) is 0 Å². The van der Waals surface area contributed by atoms with E-state index in [4.69, 9.17) is 11.6 Å². The molecule has 0 bridgehead atoms. The number of nitrogens with one attached hydrogen (secondary N) is 1. The number of aromatic hydroxyl groups is 1. The number of aromatic nitrogens is 1. The number of halogens is 1. The monoisotopic (exact) mass is 437 g/mol. The van der Waals surface area contributed by atoms with E-state index in [2.05, 4.69) is 4.98 Å². The van der Waals surface area contributed by atoms with E-state index < -0.39 is 0 Å². The lowest BCUT2D eigenvalue weighted by Gasteiger charge is -2.13. The second kappa shape index (κ2) is 6.98. The lowest BCUT2D eigenvalue weighted by molar-refractivity contribution is 0.104. The van der Waals surface area contributed by atoms with Crippen LogP contribution in [0.3, 0.4) is 0 Å². The molecule has 1 fully saturated rings. The van der Waals surface area contributed by atoms with Crippen LogP contribution in [0.1, 0.15) is 38.5 Å². The molecule has 2 heterocycles. The van der Waals surface area contributed by atoms with Gasteiger partial charge >= 0.3 is 0 Å². The molecule has 4 aromatic rings. The number of ketones is 1. The minimum absolute atomic E-state index is 0.0862. The normalized spacial score (nSPS) is 14.9. The number of H-pyrrole nitrogens is 1. The molecular weight excluding hydrogens is 418 g/mol. The standard InChI is InChI=1S/C24H20ClNO3S/c1-13-2-7-20(30-13)22(28)21-17-10-16(18(25)11-19(17)26-23(21)29)14-3-5-15(6-4-14)24(12-27)8-9-24/h2-7,10-11,26-27,29H,8-9,12H2,1H3. The summed E-state index contributed by atoms with van der Waals surface area (Å²) in [6, 6.07) is 15.3. The van der Waals surface area contributed by atoms with Gasteiger partial charge in [0.05, 0.1) is 27.6 Å². The maximum absolute atomic E-state index is 13.1. The first kappa shape index (κ1) is 19.4.